The minimum absolute atomic E-state index is 0.0323. The van der Waals surface area contributed by atoms with Crippen molar-refractivity contribution < 1.29 is 14.7 Å². The molecule has 5 N–H and O–H groups in total. The van der Waals surface area contributed by atoms with Gasteiger partial charge in [-0.15, -0.1) is 0 Å². The number of benzene rings is 2. The Balaban J connectivity index is 0.000000248. The minimum Gasteiger partial charge on any atom is -0.478 e. The molecule has 6 aromatic rings. The van der Waals surface area contributed by atoms with E-state index >= 15 is 0 Å². The highest BCUT2D eigenvalue weighted by molar-refractivity contribution is 5.96. The number of carboxylic acid groups (broad SMARTS) is 1. The van der Waals surface area contributed by atoms with Gasteiger partial charge in [0.1, 0.15) is 0 Å². The molecule has 320 valence electrons. The molecule has 0 unspecified atom stereocenters. The molecule has 4 heterocycles. The van der Waals surface area contributed by atoms with Gasteiger partial charge in [-0.1, -0.05) is 50.2 Å². The summed E-state index contributed by atoms with van der Waals surface area (Å²) in [5.41, 5.74) is 12.3. The number of ketones is 1. The SMILES string of the molecule is CC[C@@H](C#N)CC(=O)c1ccc(-c2nc(Nc3cnn(CCC#N)c3)ncc2C)cc1.CC[C@H](N)C#N.Cc1cnc(Nc2cnn(CCC#N)c2)nc1-c1ccc(C(=O)O)cc1. The highest BCUT2D eigenvalue weighted by atomic mass is 16.4. The summed E-state index contributed by atoms with van der Waals surface area (Å²) < 4.78 is 3.36. The van der Waals surface area contributed by atoms with Crippen molar-refractivity contribution >= 4 is 35.0 Å². The van der Waals surface area contributed by atoms with Crippen molar-refractivity contribution in [1.82, 2.24) is 39.5 Å². The van der Waals surface area contributed by atoms with E-state index in [0.29, 0.717) is 49.8 Å². The van der Waals surface area contributed by atoms with E-state index in [4.69, 9.17) is 31.9 Å². The van der Waals surface area contributed by atoms with Crippen LogP contribution in [0.2, 0.25) is 0 Å². The van der Waals surface area contributed by atoms with Gasteiger partial charge in [-0.05, 0) is 49.9 Å². The fraction of sp³-hybridized carbons (Fsp3) is 0.289. The van der Waals surface area contributed by atoms with E-state index in [1.165, 1.54) is 0 Å². The van der Waals surface area contributed by atoms with Gasteiger partial charge in [0.05, 0.1) is 103 Å². The third kappa shape index (κ3) is 14.4. The lowest BCUT2D eigenvalue weighted by Gasteiger charge is -2.09. The Morgan fingerprint density at radius 2 is 1.16 bits per heavy atom. The molecule has 0 saturated heterocycles. The normalized spacial score (nSPS) is 11.1. The van der Waals surface area contributed by atoms with Gasteiger partial charge in [0.2, 0.25) is 11.9 Å². The number of nitriles is 4. The summed E-state index contributed by atoms with van der Waals surface area (Å²) in [6.45, 7) is 8.66. The Hall–Kier alpha value is -8.32. The van der Waals surface area contributed by atoms with Crippen LogP contribution in [-0.4, -0.2) is 62.4 Å². The maximum atomic E-state index is 12.4. The molecule has 0 aliphatic rings. The van der Waals surface area contributed by atoms with Gasteiger partial charge in [-0.25, -0.2) is 24.7 Å². The van der Waals surface area contributed by atoms with Crippen molar-refractivity contribution in [2.24, 2.45) is 11.7 Å². The zero-order valence-corrected chi connectivity index (χ0v) is 35.4. The summed E-state index contributed by atoms with van der Waals surface area (Å²) >= 11 is 0. The number of Topliss-reactive ketones (excluding diaryl/α,β-unsaturated/α-hetero) is 1. The number of nitrogens with zero attached hydrogens (tertiary/aromatic N) is 12. The fourth-order valence-electron chi connectivity index (χ4n) is 5.58. The monoisotopic (exact) mass is 845 g/mol. The quantitative estimate of drug-likeness (QED) is 0.0679. The Bertz CT molecular complexity index is 2630. The lowest BCUT2D eigenvalue weighted by molar-refractivity contribution is 0.0696. The number of carboxylic acids is 1. The number of nitrogens with two attached hydrogens (primary N) is 1. The van der Waals surface area contributed by atoms with Crippen LogP contribution in [0.3, 0.4) is 0 Å². The Morgan fingerprint density at radius 3 is 1.52 bits per heavy atom. The molecule has 63 heavy (non-hydrogen) atoms. The van der Waals surface area contributed by atoms with Crippen LogP contribution >= 0.6 is 0 Å². The second-order valence-corrected chi connectivity index (χ2v) is 14.0. The van der Waals surface area contributed by atoms with Crippen molar-refractivity contribution in [2.45, 2.75) is 78.9 Å². The molecular formula is C45H47N15O3. The molecule has 0 fully saturated rings. The molecule has 0 bridgehead atoms. The zero-order valence-electron chi connectivity index (χ0n) is 35.4. The first-order chi connectivity index (χ1) is 30.4. The average molecular weight is 846 g/mol. The number of carbonyl (C=O) groups excluding carboxylic acids is 1. The van der Waals surface area contributed by atoms with Gasteiger partial charge >= 0.3 is 5.97 Å². The number of aromatic carboxylic acids is 1. The summed E-state index contributed by atoms with van der Waals surface area (Å²) in [7, 11) is 0. The van der Waals surface area contributed by atoms with Gasteiger partial charge in [0.15, 0.2) is 5.78 Å². The number of carbonyl (C=O) groups is 2. The molecule has 4 aromatic heterocycles. The van der Waals surface area contributed by atoms with Crippen LogP contribution in [0, 0.1) is 65.1 Å². The molecule has 6 rings (SSSR count). The molecule has 0 aliphatic heterocycles. The molecule has 0 saturated carbocycles. The van der Waals surface area contributed by atoms with Crippen LogP contribution in [0.15, 0.2) is 85.7 Å². The topological polar surface area (TPSA) is 287 Å². The number of nitrogens with one attached hydrogen (secondary N) is 2. The second kappa shape index (κ2) is 24.1. The fourth-order valence-corrected chi connectivity index (χ4v) is 5.58. The van der Waals surface area contributed by atoms with Gasteiger partial charge in [0, 0.05) is 47.9 Å². The molecule has 2 aromatic carbocycles. The molecule has 2 atom stereocenters. The van der Waals surface area contributed by atoms with Crippen LogP contribution in [0.5, 0.6) is 0 Å². The number of aryl methyl sites for hydroxylation is 4. The van der Waals surface area contributed by atoms with E-state index < -0.39 is 5.97 Å². The first-order valence-corrected chi connectivity index (χ1v) is 19.9. The van der Waals surface area contributed by atoms with Crippen molar-refractivity contribution in [3.63, 3.8) is 0 Å². The molecule has 0 aliphatic carbocycles. The number of anilines is 4. The minimum atomic E-state index is -0.966. The average Bonchev–Trinajstić information content (AvgIpc) is 3.96. The number of hydrogen-bond donors (Lipinski definition) is 4. The standard InChI is InChI=1S/C23H23N7O.C18H16N6O2.C4H8N2/c1-3-17(12-25)11-21(31)18-5-7-19(8-6-18)22-16(2)13-26-23(29-22)28-20-14-27-30(15-20)10-4-9-24;1-12-9-20-18(22-15-10-21-24(11-15)8-2-7-19)23-16(12)13-3-5-14(6-4-13)17(25)26;1-2-4(6)3-5/h5-8,13-15,17H,3-4,10-11H2,1-2H3,(H,26,28,29);3-6,9-11H,2,8H2,1H3,(H,25,26)(H,20,22,23);4H,2,6H2,1H3/t17-;;4-/m1.0/s1. The summed E-state index contributed by atoms with van der Waals surface area (Å²) in [6.07, 6.45) is 12.7. The van der Waals surface area contributed by atoms with Crippen LogP contribution in [0.1, 0.15) is 77.8 Å². The lowest BCUT2D eigenvalue weighted by Crippen LogP contribution is -2.14. The maximum Gasteiger partial charge on any atom is 0.335 e. The van der Waals surface area contributed by atoms with Crippen molar-refractivity contribution in [2.75, 3.05) is 10.6 Å². The largest absolute Gasteiger partial charge is 0.478 e. The van der Waals surface area contributed by atoms with E-state index in [0.717, 1.165) is 51.4 Å². The highest BCUT2D eigenvalue weighted by Crippen LogP contribution is 2.26. The van der Waals surface area contributed by atoms with E-state index in [2.05, 4.69) is 59.0 Å². The Morgan fingerprint density at radius 1 is 0.698 bits per heavy atom. The van der Waals surface area contributed by atoms with Crippen LogP contribution in [0.25, 0.3) is 22.5 Å². The highest BCUT2D eigenvalue weighted by Gasteiger charge is 2.15. The smallest absolute Gasteiger partial charge is 0.335 e. The van der Waals surface area contributed by atoms with Crippen molar-refractivity contribution in [3.8, 4) is 46.8 Å². The third-order valence-electron chi connectivity index (χ3n) is 9.23. The number of rotatable bonds is 16. The van der Waals surface area contributed by atoms with Crippen molar-refractivity contribution in [3.05, 3.63) is 108 Å². The van der Waals surface area contributed by atoms with E-state index in [1.54, 1.807) is 82.9 Å². The number of hydrogen-bond acceptors (Lipinski definition) is 15. The zero-order chi connectivity index (χ0) is 45.7. The number of aromatic nitrogens is 8. The Kier molecular flexibility index (Phi) is 18.1. The van der Waals surface area contributed by atoms with Gasteiger partial charge in [0.25, 0.3) is 0 Å². The van der Waals surface area contributed by atoms with Crippen LogP contribution in [-0.2, 0) is 13.1 Å². The van der Waals surface area contributed by atoms with Gasteiger partial charge < -0.3 is 21.5 Å². The predicted octanol–water partition coefficient (Wildman–Crippen LogP) is 7.68. The predicted molar refractivity (Wildman–Crippen MR) is 235 cm³/mol. The van der Waals surface area contributed by atoms with E-state index in [1.807, 2.05) is 45.9 Å². The molecular weight excluding hydrogens is 799 g/mol. The summed E-state index contributed by atoms with van der Waals surface area (Å²) in [5, 5.41) is 57.9. The first-order valence-electron chi connectivity index (χ1n) is 19.9. The molecule has 0 radical (unpaired) electrons. The Labute approximate surface area is 365 Å². The molecule has 0 spiro atoms. The third-order valence-corrected chi connectivity index (χ3v) is 9.23. The molecule has 0 amide bonds. The van der Waals surface area contributed by atoms with Gasteiger partial charge in [-0.3, -0.25) is 14.2 Å². The first kappa shape index (κ1) is 47.4. The molecule has 18 nitrogen and oxygen atoms in total. The van der Waals surface area contributed by atoms with E-state index in [9.17, 15) is 9.59 Å². The van der Waals surface area contributed by atoms with Crippen LogP contribution < -0.4 is 16.4 Å². The van der Waals surface area contributed by atoms with E-state index in [-0.39, 0.29) is 29.7 Å². The lowest BCUT2D eigenvalue weighted by atomic mass is 9.96. The summed E-state index contributed by atoms with van der Waals surface area (Å²) in [4.78, 5) is 41.1. The second-order valence-electron chi connectivity index (χ2n) is 14.0. The van der Waals surface area contributed by atoms with Crippen LogP contribution in [0.4, 0.5) is 23.3 Å². The summed E-state index contributed by atoms with van der Waals surface area (Å²) in [5.74, 6) is -0.413. The van der Waals surface area contributed by atoms with Gasteiger partial charge in [-0.2, -0.15) is 31.2 Å². The molecule has 18 heteroatoms. The van der Waals surface area contributed by atoms with Crippen molar-refractivity contribution in [1.29, 1.82) is 21.0 Å². The summed E-state index contributed by atoms with van der Waals surface area (Å²) in [6, 6.07) is 21.8. The maximum absolute atomic E-state index is 12.4.